The second kappa shape index (κ2) is 14.4. The Balaban J connectivity index is 1.17. The van der Waals surface area contributed by atoms with E-state index in [1.807, 2.05) is 61.5 Å². The lowest BCUT2D eigenvalue weighted by atomic mass is 9.87. The number of nitrogens with one attached hydrogen (secondary N) is 1. The molecule has 0 amide bonds. The van der Waals surface area contributed by atoms with Crippen molar-refractivity contribution in [3.8, 4) is 11.1 Å². The van der Waals surface area contributed by atoms with Crippen LogP contribution in [0.5, 0.6) is 0 Å². The number of sulfonamides is 1. The molecule has 5 rings (SSSR count). The quantitative estimate of drug-likeness (QED) is 0.153. The van der Waals surface area contributed by atoms with Gasteiger partial charge in [0.15, 0.2) is 0 Å². The fraction of sp³-hybridized carbons (Fsp3) is 0.316. The molecule has 0 fully saturated rings. The minimum atomic E-state index is -3.48. The number of benzene rings is 4. The van der Waals surface area contributed by atoms with Gasteiger partial charge in [-0.25, -0.2) is 22.6 Å². The minimum absolute atomic E-state index is 0.0660. The van der Waals surface area contributed by atoms with Crippen LogP contribution >= 0.6 is 0 Å². The van der Waals surface area contributed by atoms with Gasteiger partial charge in [-0.3, -0.25) is 4.57 Å². The van der Waals surface area contributed by atoms with Crippen molar-refractivity contribution in [2.24, 2.45) is 0 Å². The van der Waals surface area contributed by atoms with Gasteiger partial charge in [-0.2, -0.15) is 5.10 Å². The van der Waals surface area contributed by atoms with Crippen LogP contribution in [-0.2, 0) is 53.7 Å². The Hall–Kier alpha value is -4.27. The Morgan fingerprint density at radius 1 is 0.739 bits per heavy atom. The highest BCUT2D eigenvalue weighted by molar-refractivity contribution is 7.88. The molecule has 1 N–H and O–H groups in total. The van der Waals surface area contributed by atoms with Crippen LogP contribution in [0.4, 0.5) is 0 Å². The van der Waals surface area contributed by atoms with E-state index in [9.17, 15) is 13.2 Å². The van der Waals surface area contributed by atoms with Gasteiger partial charge < -0.3 is 0 Å². The van der Waals surface area contributed by atoms with Crippen LogP contribution in [0.25, 0.3) is 11.1 Å². The van der Waals surface area contributed by atoms with E-state index in [2.05, 4.69) is 74.0 Å². The van der Waals surface area contributed by atoms with E-state index in [0.29, 0.717) is 13.1 Å². The predicted molar refractivity (Wildman–Crippen MR) is 186 cm³/mol. The minimum Gasteiger partial charge on any atom is -0.279 e. The highest BCUT2D eigenvalue weighted by atomic mass is 32.2. The van der Waals surface area contributed by atoms with Gasteiger partial charge in [-0.05, 0) is 64.1 Å². The average Bonchev–Trinajstić information content (AvgIpc) is 3.34. The maximum absolute atomic E-state index is 13.1. The molecule has 240 valence electrons. The van der Waals surface area contributed by atoms with Crippen molar-refractivity contribution >= 4 is 10.0 Å². The highest BCUT2D eigenvalue weighted by Gasteiger charge is 2.16. The molecule has 46 heavy (non-hydrogen) atoms. The van der Waals surface area contributed by atoms with Crippen molar-refractivity contribution in [1.82, 2.24) is 19.1 Å². The van der Waals surface area contributed by atoms with E-state index >= 15 is 0 Å². The molecule has 5 aromatic rings. The lowest BCUT2D eigenvalue weighted by Gasteiger charge is -2.19. The van der Waals surface area contributed by atoms with Gasteiger partial charge in [-0.15, -0.1) is 0 Å². The number of rotatable bonds is 13. The van der Waals surface area contributed by atoms with E-state index in [0.717, 1.165) is 52.9 Å². The molecule has 0 saturated carbocycles. The lowest BCUT2D eigenvalue weighted by Crippen LogP contribution is -2.25. The number of aromatic nitrogens is 3. The number of nitrogens with zero attached hydrogens (tertiary/aromatic N) is 3. The Bertz CT molecular complexity index is 1900. The summed E-state index contributed by atoms with van der Waals surface area (Å²) in [5.41, 5.74) is 7.24. The van der Waals surface area contributed by atoms with Crippen LogP contribution in [0.3, 0.4) is 0 Å². The van der Waals surface area contributed by atoms with E-state index in [-0.39, 0.29) is 23.4 Å². The summed E-state index contributed by atoms with van der Waals surface area (Å²) >= 11 is 0. The molecule has 0 aliphatic heterocycles. The van der Waals surface area contributed by atoms with Gasteiger partial charge in [0.25, 0.3) is 0 Å². The Morgan fingerprint density at radius 2 is 1.41 bits per heavy atom. The molecule has 0 bridgehead atoms. The van der Waals surface area contributed by atoms with Crippen molar-refractivity contribution in [3.63, 3.8) is 0 Å². The Labute approximate surface area is 273 Å². The number of hydrogen-bond acceptors (Lipinski definition) is 4. The molecule has 1 aromatic heterocycles. The monoisotopic (exact) mass is 636 g/mol. The van der Waals surface area contributed by atoms with Crippen LogP contribution < -0.4 is 10.4 Å². The zero-order valence-corrected chi connectivity index (χ0v) is 28.1. The van der Waals surface area contributed by atoms with Gasteiger partial charge in [0.05, 0.1) is 12.3 Å². The molecule has 0 atom stereocenters. The van der Waals surface area contributed by atoms with Gasteiger partial charge in [-0.1, -0.05) is 124 Å². The summed E-state index contributed by atoms with van der Waals surface area (Å²) in [6, 6.07) is 34.0. The molecule has 0 unspecified atom stereocenters. The van der Waals surface area contributed by atoms with Crippen LogP contribution in [0.2, 0.25) is 0 Å². The van der Waals surface area contributed by atoms with Gasteiger partial charge in [0.2, 0.25) is 10.0 Å². The summed E-state index contributed by atoms with van der Waals surface area (Å²) < 4.78 is 31.5. The summed E-state index contributed by atoms with van der Waals surface area (Å²) in [5.74, 6) is 0.744. The smallest absolute Gasteiger partial charge is 0.279 e. The van der Waals surface area contributed by atoms with Gasteiger partial charge in [0, 0.05) is 19.5 Å². The first kappa shape index (κ1) is 33.1. The SMILES string of the molecule is CCn1c(CCCc2ccc(-c3cccc(CS(=O)(=O)NCc4ccccc4)c3)cc2)nn(Cc2ccc(C(C)(C)C)cc2)c1=O. The summed E-state index contributed by atoms with van der Waals surface area (Å²) in [6.07, 6.45) is 2.46. The molecule has 0 aliphatic carbocycles. The number of hydrogen-bond donors (Lipinski definition) is 1. The third-order valence-electron chi connectivity index (χ3n) is 8.24. The maximum atomic E-state index is 13.1. The van der Waals surface area contributed by atoms with Crippen molar-refractivity contribution in [2.45, 2.75) is 77.8 Å². The fourth-order valence-corrected chi connectivity index (χ4v) is 6.70. The topological polar surface area (TPSA) is 86.0 Å². The van der Waals surface area contributed by atoms with E-state index < -0.39 is 10.0 Å². The Morgan fingerprint density at radius 3 is 2.09 bits per heavy atom. The van der Waals surface area contributed by atoms with Crippen molar-refractivity contribution < 1.29 is 8.42 Å². The molecule has 8 heteroatoms. The standard InChI is InChI=1S/C38H44N4O3S/c1-5-41-36(40-42(37(41)43)27-31-19-23-35(24-20-31)38(2,3)4)16-10-13-29-17-21-33(22-18-29)34-15-9-14-32(25-34)28-46(44,45)39-26-30-11-7-6-8-12-30/h6-9,11-12,14-15,17-25,39H,5,10,13,16,26-28H2,1-4H3. The Kier molecular flexibility index (Phi) is 10.4. The van der Waals surface area contributed by atoms with Crippen LogP contribution in [-0.4, -0.2) is 22.8 Å². The third-order valence-corrected chi connectivity index (χ3v) is 9.54. The fourth-order valence-electron chi connectivity index (χ4n) is 5.59. The molecule has 0 spiro atoms. The molecular weight excluding hydrogens is 593 g/mol. The highest BCUT2D eigenvalue weighted by Crippen LogP contribution is 2.24. The van der Waals surface area contributed by atoms with E-state index in [1.54, 1.807) is 9.25 Å². The van der Waals surface area contributed by atoms with E-state index in [1.165, 1.54) is 11.1 Å². The van der Waals surface area contributed by atoms with Gasteiger partial charge in [0.1, 0.15) is 5.82 Å². The zero-order chi connectivity index (χ0) is 32.7. The summed E-state index contributed by atoms with van der Waals surface area (Å²) in [6.45, 7) is 9.89. The molecule has 0 aliphatic rings. The first-order valence-electron chi connectivity index (χ1n) is 16.0. The molecule has 4 aromatic carbocycles. The summed E-state index contributed by atoms with van der Waals surface area (Å²) in [5, 5.41) is 4.71. The first-order valence-corrected chi connectivity index (χ1v) is 17.6. The zero-order valence-electron chi connectivity index (χ0n) is 27.2. The molecule has 0 radical (unpaired) electrons. The first-order chi connectivity index (χ1) is 22.0. The van der Waals surface area contributed by atoms with Crippen molar-refractivity contribution in [2.75, 3.05) is 0 Å². The van der Waals surface area contributed by atoms with Crippen molar-refractivity contribution in [3.05, 3.63) is 147 Å². The molecular formula is C38H44N4O3S. The second-order valence-corrected chi connectivity index (χ2v) is 14.7. The second-order valence-electron chi connectivity index (χ2n) is 12.9. The van der Waals surface area contributed by atoms with Crippen LogP contribution in [0.1, 0.15) is 67.8 Å². The maximum Gasteiger partial charge on any atom is 0.346 e. The molecule has 1 heterocycles. The van der Waals surface area contributed by atoms with Crippen LogP contribution in [0, 0.1) is 0 Å². The van der Waals surface area contributed by atoms with Crippen LogP contribution in [0.15, 0.2) is 108 Å². The van der Waals surface area contributed by atoms with E-state index in [4.69, 9.17) is 5.10 Å². The molecule has 7 nitrogen and oxygen atoms in total. The average molecular weight is 637 g/mol. The predicted octanol–water partition coefficient (Wildman–Crippen LogP) is 6.87. The largest absolute Gasteiger partial charge is 0.346 e. The third kappa shape index (κ3) is 8.71. The summed E-state index contributed by atoms with van der Waals surface area (Å²) in [7, 11) is -3.48. The normalized spacial score (nSPS) is 12.0. The van der Waals surface area contributed by atoms with Gasteiger partial charge >= 0.3 is 5.69 Å². The molecule has 0 saturated heterocycles. The lowest BCUT2D eigenvalue weighted by molar-refractivity contribution is 0.580. The van der Waals surface area contributed by atoms with Crippen molar-refractivity contribution in [1.29, 1.82) is 0 Å². The number of aryl methyl sites for hydroxylation is 2. The summed E-state index contributed by atoms with van der Waals surface area (Å²) in [4.78, 5) is 13.1.